The van der Waals surface area contributed by atoms with E-state index in [0.717, 1.165) is 18.4 Å². The lowest BCUT2D eigenvalue weighted by molar-refractivity contribution is -0.139. The van der Waals surface area contributed by atoms with Crippen LogP contribution in [0.4, 0.5) is 0 Å². The van der Waals surface area contributed by atoms with Crippen molar-refractivity contribution in [2.75, 3.05) is 13.2 Å². The number of carbonyl (C=O) groups is 1. The second kappa shape index (κ2) is 7.56. The largest absolute Gasteiger partial charge is 0.462 e. The molecule has 0 radical (unpaired) electrons. The van der Waals surface area contributed by atoms with Crippen LogP contribution in [0.25, 0.3) is 0 Å². The van der Waals surface area contributed by atoms with Gasteiger partial charge in [-0.3, -0.25) is 0 Å². The molecule has 0 atom stereocenters. The Morgan fingerprint density at radius 3 is 2.43 bits per heavy atom. The predicted molar refractivity (Wildman–Crippen MR) is 55.9 cm³/mol. The number of aliphatic hydroxyl groups is 1. The van der Waals surface area contributed by atoms with E-state index in [1.54, 1.807) is 0 Å². The number of esters is 1. The molecule has 0 saturated heterocycles. The van der Waals surface area contributed by atoms with Crippen LogP contribution in [-0.2, 0) is 9.53 Å². The van der Waals surface area contributed by atoms with Gasteiger partial charge in [-0.1, -0.05) is 18.9 Å². The number of carbonyl (C=O) groups excluding carboxylic acids is 1. The highest BCUT2D eigenvalue weighted by molar-refractivity contribution is 5.89. The Morgan fingerprint density at radius 1 is 1.36 bits per heavy atom. The first-order chi connectivity index (χ1) is 6.63. The third-order valence-corrected chi connectivity index (χ3v) is 1.94. The Hall–Kier alpha value is -0.830. The number of rotatable bonds is 6. The molecule has 0 amide bonds. The average molecular weight is 200 g/mol. The molecule has 0 unspecified atom stereocenters. The third-order valence-electron chi connectivity index (χ3n) is 1.94. The number of unbranched alkanes of at least 4 members (excludes halogenated alkanes) is 1. The lowest BCUT2D eigenvalue weighted by Crippen LogP contribution is -2.11. The van der Waals surface area contributed by atoms with Gasteiger partial charge in [-0.25, -0.2) is 4.79 Å². The molecule has 1 N–H and O–H groups in total. The summed E-state index contributed by atoms with van der Waals surface area (Å²) in [5, 5.41) is 8.76. The highest BCUT2D eigenvalue weighted by Crippen LogP contribution is 2.10. The first-order valence-corrected chi connectivity index (χ1v) is 5.07. The highest BCUT2D eigenvalue weighted by atomic mass is 16.5. The zero-order chi connectivity index (χ0) is 11.0. The minimum Gasteiger partial charge on any atom is -0.462 e. The Balaban J connectivity index is 4.11. The Labute approximate surface area is 85.8 Å². The van der Waals surface area contributed by atoms with Crippen molar-refractivity contribution in [3.05, 3.63) is 11.1 Å². The summed E-state index contributed by atoms with van der Waals surface area (Å²) in [4.78, 5) is 11.5. The number of allylic oxidation sites excluding steroid dienone is 1. The molecule has 0 rings (SSSR count). The molecule has 3 nitrogen and oxygen atoms in total. The van der Waals surface area contributed by atoms with Gasteiger partial charge in [0, 0.05) is 18.6 Å². The standard InChI is InChI=1S/C11H20O3/c1-4-5-8-14-11(13)10(6-7-12)9(2)3/h12H,4-8H2,1-3H3. The molecule has 0 saturated carbocycles. The van der Waals surface area contributed by atoms with Crippen molar-refractivity contribution in [3.8, 4) is 0 Å². The van der Waals surface area contributed by atoms with Gasteiger partial charge in [0.15, 0.2) is 0 Å². The predicted octanol–water partition coefficient (Wildman–Crippen LogP) is 2.05. The molecule has 0 bridgehead atoms. The summed E-state index contributed by atoms with van der Waals surface area (Å²) in [5.41, 5.74) is 1.52. The first kappa shape index (κ1) is 13.2. The van der Waals surface area contributed by atoms with Gasteiger partial charge >= 0.3 is 5.97 Å². The van der Waals surface area contributed by atoms with Crippen LogP contribution in [0.5, 0.6) is 0 Å². The maximum atomic E-state index is 11.5. The molecule has 0 aromatic heterocycles. The molecule has 0 aliphatic heterocycles. The molecule has 0 aromatic rings. The van der Waals surface area contributed by atoms with Gasteiger partial charge < -0.3 is 9.84 Å². The van der Waals surface area contributed by atoms with Gasteiger partial charge in [-0.05, 0) is 20.3 Å². The van der Waals surface area contributed by atoms with Crippen molar-refractivity contribution >= 4 is 5.97 Å². The fourth-order valence-corrected chi connectivity index (χ4v) is 1.06. The van der Waals surface area contributed by atoms with Crippen molar-refractivity contribution in [1.82, 2.24) is 0 Å². The summed E-state index contributed by atoms with van der Waals surface area (Å²) in [7, 11) is 0. The number of hydrogen-bond donors (Lipinski definition) is 1. The molecule has 0 heterocycles. The van der Waals surface area contributed by atoms with Crippen molar-refractivity contribution in [3.63, 3.8) is 0 Å². The number of hydrogen-bond acceptors (Lipinski definition) is 3. The summed E-state index contributed by atoms with van der Waals surface area (Å²) >= 11 is 0. The average Bonchev–Trinajstić information content (AvgIpc) is 2.13. The molecule has 0 aliphatic carbocycles. The second-order valence-electron chi connectivity index (χ2n) is 3.44. The summed E-state index contributed by atoms with van der Waals surface area (Å²) in [6.07, 6.45) is 2.28. The van der Waals surface area contributed by atoms with Gasteiger partial charge in [0.05, 0.1) is 6.61 Å². The molecule has 0 aromatic carbocycles. The van der Waals surface area contributed by atoms with E-state index >= 15 is 0 Å². The molecular weight excluding hydrogens is 180 g/mol. The highest BCUT2D eigenvalue weighted by Gasteiger charge is 2.11. The zero-order valence-electron chi connectivity index (χ0n) is 9.30. The topological polar surface area (TPSA) is 46.5 Å². The van der Waals surface area contributed by atoms with Gasteiger partial charge in [0.2, 0.25) is 0 Å². The van der Waals surface area contributed by atoms with Crippen molar-refractivity contribution in [1.29, 1.82) is 0 Å². The van der Waals surface area contributed by atoms with E-state index in [2.05, 4.69) is 0 Å². The molecular formula is C11H20O3. The van der Waals surface area contributed by atoms with E-state index in [1.165, 1.54) is 0 Å². The van der Waals surface area contributed by atoms with Crippen LogP contribution in [0.15, 0.2) is 11.1 Å². The Bertz CT molecular complexity index is 203. The third kappa shape index (κ3) is 5.02. The minimum absolute atomic E-state index is 0.0105. The second-order valence-corrected chi connectivity index (χ2v) is 3.44. The molecule has 82 valence electrons. The van der Waals surface area contributed by atoms with Crippen LogP contribution in [-0.4, -0.2) is 24.3 Å². The normalized spacial score (nSPS) is 9.71. The summed E-state index contributed by atoms with van der Waals surface area (Å²) in [5.74, 6) is -0.285. The van der Waals surface area contributed by atoms with Crippen molar-refractivity contribution < 1.29 is 14.6 Å². The van der Waals surface area contributed by atoms with Crippen LogP contribution in [0.2, 0.25) is 0 Å². The summed E-state index contributed by atoms with van der Waals surface area (Å²) < 4.78 is 5.05. The Morgan fingerprint density at radius 2 is 2.00 bits per heavy atom. The smallest absolute Gasteiger partial charge is 0.334 e. The van der Waals surface area contributed by atoms with Crippen LogP contribution >= 0.6 is 0 Å². The summed E-state index contributed by atoms with van der Waals surface area (Å²) in [6, 6.07) is 0. The van der Waals surface area contributed by atoms with E-state index in [1.807, 2.05) is 20.8 Å². The minimum atomic E-state index is -0.285. The van der Waals surface area contributed by atoms with Gasteiger partial charge in [-0.2, -0.15) is 0 Å². The first-order valence-electron chi connectivity index (χ1n) is 5.07. The Kier molecular flexibility index (Phi) is 7.11. The van der Waals surface area contributed by atoms with Crippen LogP contribution < -0.4 is 0 Å². The maximum absolute atomic E-state index is 11.5. The van der Waals surface area contributed by atoms with E-state index in [0.29, 0.717) is 18.6 Å². The van der Waals surface area contributed by atoms with Crippen LogP contribution in [0, 0.1) is 0 Å². The van der Waals surface area contributed by atoms with Gasteiger partial charge in [-0.15, -0.1) is 0 Å². The lowest BCUT2D eigenvalue weighted by Gasteiger charge is -2.08. The number of aliphatic hydroxyl groups excluding tert-OH is 1. The van der Waals surface area contributed by atoms with E-state index in [9.17, 15) is 4.79 Å². The van der Waals surface area contributed by atoms with E-state index < -0.39 is 0 Å². The maximum Gasteiger partial charge on any atom is 0.334 e. The number of ether oxygens (including phenoxy) is 1. The molecule has 14 heavy (non-hydrogen) atoms. The molecule has 0 fully saturated rings. The van der Waals surface area contributed by atoms with E-state index in [-0.39, 0.29) is 12.6 Å². The van der Waals surface area contributed by atoms with Crippen molar-refractivity contribution in [2.24, 2.45) is 0 Å². The van der Waals surface area contributed by atoms with E-state index in [4.69, 9.17) is 9.84 Å². The van der Waals surface area contributed by atoms with Crippen LogP contribution in [0.1, 0.15) is 40.0 Å². The monoisotopic (exact) mass is 200 g/mol. The van der Waals surface area contributed by atoms with Gasteiger partial charge in [0.1, 0.15) is 0 Å². The fourth-order valence-electron chi connectivity index (χ4n) is 1.06. The molecule has 0 spiro atoms. The zero-order valence-corrected chi connectivity index (χ0v) is 9.30. The van der Waals surface area contributed by atoms with Crippen LogP contribution in [0.3, 0.4) is 0 Å². The quantitative estimate of drug-likeness (QED) is 0.405. The molecule has 0 aliphatic rings. The lowest BCUT2D eigenvalue weighted by atomic mass is 10.1. The molecule has 3 heteroatoms. The van der Waals surface area contributed by atoms with Crippen molar-refractivity contribution in [2.45, 2.75) is 40.0 Å². The summed E-state index contributed by atoms with van der Waals surface area (Å²) in [6.45, 7) is 6.21. The fraction of sp³-hybridized carbons (Fsp3) is 0.727. The SMILES string of the molecule is CCCCOC(=O)C(CCO)=C(C)C. The van der Waals surface area contributed by atoms with Gasteiger partial charge in [0.25, 0.3) is 0 Å².